The lowest BCUT2D eigenvalue weighted by Crippen LogP contribution is -2.38. The highest BCUT2D eigenvalue weighted by Gasteiger charge is 2.21. The molecule has 1 atom stereocenters. The van der Waals surface area contributed by atoms with E-state index in [0.717, 1.165) is 44.3 Å². The Labute approximate surface area is 108 Å². The Morgan fingerprint density at radius 2 is 2.22 bits per heavy atom. The zero-order valence-corrected chi connectivity index (χ0v) is 10.9. The van der Waals surface area contributed by atoms with Gasteiger partial charge in [0.05, 0.1) is 0 Å². The van der Waals surface area contributed by atoms with Gasteiger partial charge in [-0.2, -0.15) is 0 Å². The van der Waals surface area contributed by atoms with Crippen LogP contribution in [-0.4, -0.2) is 23.9 Å². The molecule has 1 saturated heterocycles. The molecule has 1 aromatic rings. The van der Waals surface area contributed by atoms with Crippen molar-refractivity contribution in [2.45, 2.75) is 32.6 Å². The third-order valence-electron chi connectivity index (χ3n) is 3.74. The van der Waals surface area contributed by atoms with Crippen LogP contribution < -0.4 is 0 Å². The Morgan fingerprint density at radius 1 is 1.44 bits per heavy atom. The number of halogens is 1. The summed E-state index contributed by atoms with van der Waals surface area (Å²) in [6.45, 7) is 3.34. The summed E-state index contributed by atoms with van der Waals surface area (Å²) >= 11 is 0. The molecular weight excluding hydrogens is 229 g/mol. The summed E-state index contributed by atoms with van der Waals surface area (Å²) in [5.41, 5.74) is 0.789. The lowest BCUT2D eigenvalue weighted by atomic mass is 9.91. The van der Waals surface area contributed by atoms with Crippen LogP contribution in [0, 0.1) is 11.7 Å². The summed E-state index contributed by atoms with van der Waals surface area (Å²) in [6, 6.07) is 6.96. The first kappa shape index (κ1) is 13.1. The van der Waals surface area contributed by atoms with Crippen molar-refractivity contribution in [1.82, 2.24) is 4.90 Å². The molecule has 3 heteroatoms. The monoisotopic (exact) mass is 249 g/mol. The number of aryl methyl sites for hydroxylation is 1. The second-order valence-corrected chi connectivity index (χ2v) is 5.10. The van der Waals surface area contributed by atoms with E-state index >= 15 is 0 Å². The van der Waals surface area contributed by atoms with Crippen molar-refractivity contribution >= 4 is 5.91 Å². The second-order valence-electron chi connectivity index (χ2n) is 5.10. The van der Waals surface area contributed by atoms with Gasteiger partial charge < -0.3 is 4.90 Å². The first-order valence-corrected chi connectivity index (χ1v) is 6.65. The highest BCUT2D eigenvalue weighted by atomic mass is 19.1. The highest BCUT2D eigenvalue weighted by molar-refractivity contribution is 5.73. The first-order chi connectivity index (χ1) is 8.66. The van der Waals surface area contributed by atoms with Gasteiger partial charge in [-0.25, -0.2) is 4.39 Å². The molecule has 1 amide bonds. The molecule has 98 valence electrons. The summed E-state index contributed by atoms with van der Waals surface area (Å²) in [5, 5.41) is 0. The maximum absolute atomic E-state index is 13.5. The number of piperidine rings is 1. The minimum atomic E-state index is -0.114. The van der Waals surface area contributed by atoms with Crippen LogP contribution in [0.3, 0.4) is 0 Å². The second kappa shape index (κ2) is 5.98. The number of hydrogen-bond acceptors (Lipinski definition) is 1. The van der Waals surface area contributed by atoms with Gasteiger partial charge in [0, 0.05) is 20.0 Å². The molecule has 1 unspecified atom stereocenters. The van der Waals surface area contributed by atoms with Crippen molar-refractivity contribution in [3.8, 4) is 0 Å². The molecule has 0 spiro atoms. The molecule has 18 heavy (non-hydrogen) atoms. The Bertz CT molecular complexity index is 419. The summed E-state index contributed by atoms with van der Waals surface area (Å²) in [5.74, 6) is 0.560. The van der Waals surface area contributed by atoms with Crippen LogP contribution in [0.2, 0.25) is 0 Å². The minimum Gasteiger partial charge on any atom is -0.343 e. The standard InChI is InChI=1S/C15H20FNO/c1-12(18)17-10-4-5-13(11-17)8-9-14-6-2-3-7-15(14)16/h2-3,6-7,13H,4-5,8-11H2,1H3. The number of rotatable bonds is 3. The lowest BCUT2D eigenvalue weighted by Gasteiger charge is -2.32. The average Bonchev–Trinajstić information content (AvgIpc) is 2.38. The molecule has 0 aromatic heterocycles. The number of carbonyl (C=O) groups excluding carboxylic acids is 1. The lowest BCUT2D eigenvalue weighted by molar-refractivity contribution is -0.130. The van der Waals surface area contributed by atoms with Crippen LogP contribution in [0.5, 0.6) is 0 Å². The molecule has 0 bridgehead atoms. The zero-order valence-electron chi connectivity index (χ0n) is 10.9. The van der Waals surface area contributed by atoms with Gasteiger partial charge in [0.15, 0.2) is 0 Å². The Hall–Kier alpha value is -1.38. The Kier molecular flexibility index (Phi) is 4.34. The minimum absolute atomic E-state index is 0.114. The first-order valence-electron chi connectivity index (χ1n) is 6.65. The largest absolute Gasteiger partial charge is 0.343 e. The molecule has 1 heterocycles. The van der Waals surface area contributed by atoms with E-state index in [9.17, 15) is 9.18 Å². The van der Waals surface area contributed by atoms with Crippen LogP contribution in [0.15, 0.2) is 24.3 Å². The summed E-state index contributed by atoms with van der Waals surface area (Å²) in [6.07, 6.45) is 3.95. The van der Waals surface area contributed by atoms with Gasteiger partial charge >= 0.3 is 0 Å². The normalized spacial score (nSPS) is 19.9. The van der Waals surface area contributed by atoms with Gasteiger partial charge in [0.1, 0.15) is 5.82 Å². The van der Waals surface area contributed by atoms with Gasteiger partial charge in [-0.1, -0.05) is 18.2 Å². The van der Waals surface area contributed by atoms with E-state index in [1.165, 1.54) is 6.07 Å². The third kappa shape index (κ3) is 3.31. The van der Waals surface area contributed by atoms with Gasteiger partial charge in [-0.05, 0) is 43.2 Å². The van der Waals surface area contributed by atoms with Crippen LogP contribution in [0.4, 0.5) is 4.39 Å². The molecule has 1 aromatic carbocycles. The van der Waals surface area contributed by atoms with Gasteiger partial charge in [-0.3, -0.25) is 4.79 Å². The molecular formula is C15H20FNO. The van der Waals surface area contributed by atoms with Crippen molar-refractivity contribution in [3.05, 3.63) is 35.6 Å². The number of carbonyl (C=O) groups is 1. The molecule has 2 rings (SSSR count). The fourth-order valence-corrected chi connectivity index (χ4v) is 2.65. The smallest absolute Gasteiger partial charge is 0.219 e. The SMILES string of the molecule is CC(=O)N1CCCC(CCc2ccccc2F)C1. The molecule has 1 aliphatic rings. The molecule has 0 aliphatic carbocycles. The molecule has 1 fully saturated rings. The maximum atomic E-state index is 13.5. The third-order valence-corrected chi connectivity index (χ3v) is 3.74. The van der Waals surface area contributed by atoms with Crippen molar-refractivity contribution < 1.29 is 9.18 Å². The Morgan fingerprint density at radius 3 is 2.94 bits per heavy atom. The number of nitrogens with zero attached hydrogens (tertiary/aromatic N) is 1. The van der Waals surface area contributed by atoms with Crippen LogP contribution in [0.25, 0.3) is 0 Å². The highest BCUT2D eigenvalue weighted by Crippen LogP contribution is 2.22. The van der Waals surface area contributed by atoms with E-state index in [1.54, 1.807) is 13.0 Å². The number of hydrogen-bond donors (Lipinski definition) is 0. The summed E-state index contributed by atoms with van der Waals surface area (Å²) in [4.78, 5) is 13.3. The van der Waals surface area contributed by atoms with Gasteiger partial charge in [0.25, 0.3) is 0 Å². The molecule has 0 N–H and O–H groups in total. The van der Waals surface area contributed by atoms with E-state index in [1.807, 2.05) is 17.0 Å². The Balaban J connectivity index is 1.87. The maximum Gasteiger partial charge on any atom is 0.219 e. The van der Waals surface area contributed by atoms with E-state index in [0.29, 0.717) is 5.92 Å². The average molecular weight is 249 g/mol. The van der Waals surface area contributed by atoms with E-state index < -0.39 is 0 Å². The molecule has 0 saturated carbocycles. The molecule has 2 nitrogen and oxygen atoms in total. The fourth-order valence-electron chi connectivity index (χ4n) is 2.65. The predicted octanol–water partition coefficient (Wildman–Crippen LogP) is 3.02. The topological polar surface area (TPSA) is 20.3 Å². The van der Waals surface area contributed by atoms with E-state index in [4.69, 9.17) is 0 Å². The van der Waals surface area contributed by atoms with Crippen LogP contribution in [0.1, 0.15) is 31.7 Å². The fraction of sp³-hybridized carbons (Fsp3) is 0.533. The predicted molar refractivity (Wildman–Crippen MR) is 69.7 cm³/mol. The van der Waals surface area contributed by atoms with Crippen molar-refractivity contribution in [2.24, 2.45) is 5.92 Å². The molecule has 0 radical (unpaired) electrons. The van der Waals surface area contributed by atoms with Crippen molar-refractivity contribution in [1.29, 1.82) is 0 Å². The number of likely N-dealkylation sites (tertiary alicyclic amines) is 1. The van der Waals surface area contributed by atoms with E-state index in [-0.39, 0.29) is 11.7 Å². The number of amides is 1. The van der Waals surface area contributed by atoms with Crippen LogP contribution >= 0.6 is 0 Å². The van der Waals surface area contributed by atoms with Gasteiger partial charge in [0.2, 0.25) is 5.91 Å². The van der Waals surface area contributed by atoms with Crippen molar-refractivity contribution in [2.75, 3.05) is 13.1 Å². The quantitative estimate of drug-likeness (QED) is 0.806. The van der Waals surface area contributed by atoms with Gasteiger partial charge in [-0.15, -0.1) is 0 Å². The summed E-state index contributed by atoms with van der Waals surface area (Å²) in [7, 11) is 0. The van der Waals surface area contributed by atoms with Crippen molar-refractivity contribution in [3.63, 3.8) is 0 Å². The van der Waals surface area contributed by atoms with Crippen LogP contribution in [-0.2, 0) is 11.2 Å². The number of benzene rings is 1. The zero-order chi connectivity index (χ0) is 13.0. The summed E-state index contributed by atoms with van der Waals surface area (Å²) < 4.78 is 13.5. The van der Waals surface area contributed by atoms with E-state index in [2.05, 4.69) is 0 Å². The molecule has 1 aliphatic heterocycles.